The number of amides is 2. The van der Waals surface area contributed by atoms with Crippen LogP contribution in [0.15, 0.2) is 59.0 Å². The van der Waals surface area contributed by atoms with Gasteiger partial charge in [-0.05, 0) is 30.7 Å². The molecular weight excluding hydrogens is 412 g/mol. The van der Waals surface area contributed by atoms with Crippen molar-refractivity contribution >= 4 is 28.8 Å². The fourth-order valence-electron chi connectivity index (χ4n) is 3.68. The zero-order chi connectivity index (χ0) is 22.5. The highest BCUT2D eigenvalue weighted by atomic mass is 16.5. The van der Waals surface area contributed by atoms with Gasteiger partial charge in [0.05, 0.1) is 13.2 Å². The number of rotatable bonds is 7. The molecule has 2 amide bonds. The number of carbonyl (C=O) groups excluding carboxylic acids is 2. The molecule has 1 aliphatic rings. The number of nitrogens with one attached hydrogen (secondary N) is 1. The molecule has 2 heterocycles. The van der Waals surface area contributed by atoms with E-state index >= 15 is 0 Å². The van der Waals surface area contributed by atoms with Crippen LogP contribution in [-0.2, 0) is 14.3 Å². The van der Waals surface area contributed by atoms with Crippen LogP contribution in [0.1, 0.15) is 23.2 Å². The summed E-state index contributed by atoms with van der Waals surface area (Å²) in [4.78, 5) is 38.3. The van der Waals surface area contributed by atoms with Crippen LogP contribution < -0.4 is 5.32 Å². The highest BCUT2D eigenvalue weighted by molar-refractivity contribution is 5.98. The quantitative estimate of drug-likeness (QED) is 0.590. The molecule has 166 valence electrons. The SMILES string of the molecule is O=C(O)CC[C@H](NC(=O)c1ccc(-c2cc3ccccc3o2)cc1)C(=O)N1CCOCC1. The van der Waals surface area contributed by atoms with Crippen LogP contribution in [0.2, 0.25) is 0 Å². The molecule has 1 aromatic heterocycles. The molecule has 1 atom stereocenters. The second-order valence-electron chi connectivity index (χ2n) is 7.62. The average molecular weight is 436 g/mol. The molecule has 0 saturated carbocycles. The molecule has 1 saturated heterocycles. The van der Waals surface area contributed by atoms with Gasteiger partial charge in [0.2, 0.25) is 5.91 Å². The molecule has 0 unspecified atom stereocenters. The number of hydrogen-bond acceptors (Lipinski definition) is 5. The zero-order valence-corrected chi connectivity index (χ0v) is 17.5. The number of para-hydroxylation sites is 1. The molecule has 32 heavy (non-hydrogen) atoms. The summed E-state index contributed by atoms with van der Waals surface area (Å²) in [6.45, 7) is 1.69. The van der Waals surface area contributed by atoms with Crippen LogP contribution in [0.4, 0.5) is 0 Å². The van der Waals surface area contributed by atoms with Gasteiger partial charge in [0, 0.05) is 36.0 Å². The van der Waals surface area contributed by atoms with E-state index < -0.39 is 17.9 Å². The predicted octanol–water partition coefficient (Wildman–Crippen LogP) is 2.92. The average Bonchev–Trinajstić information content (AvgIpc) is 3.26. The van der Waals surface area contributed by atoms with Crippen LogP contribution in [0, 0.1) is 0 Å². The summed E-state index contributed by atoms with van der Waals surface area (Å²) in [7, 11) is 0. The Bertz CT molecular complexity index is 1080. The van der Waals surface area contributed by atoms with Crippen molar-refractivity contribution in [3.8, 4) is 11.3 Å². The lowest BCUT2D eigenvalue weighted by Crippen LogP contribution is -2.51. The van der Waals surface area contributed by atoms with Gasteiger partial charge in [0.1, 0.15) is 17.4 Å². The summed E-state index contributed by atoms with van der Waals surface area (Å²) >= 11 is 0. The second kappa shape index (κ2) is 9.65. The Morgan fingerprint density at radius 3 is 2.44 bits per heavy atom. The van der Waals surface area contributed by atoms with Crippen LogP contribution in [0.5, 0.6) is 0 Å². The van der Waals surface area contributed by atoms with Crippen molar-refractivity contribution in [1.82, 2.24) is 10.2 Å². The van der Waals surface area contributed by atoms with E-state index in [4.69, 9.17) is 14.3 Å². The van der Waals surface area contributed by atoms with E-state index in [2.05, 4.69) is 5.32 Å². The number of fused-ring (bicyclic) bond motifs is 1. The second-order valence-corrected chi connectivity index (χ2v) is 7.62. The van der Waals surface area contributed by atoms with E-state index in [9.17, 15) is 14.4 Å². The maximum atomic E-state index is 12.9. The third kappa shape index (κ3) is 4.97. The smallest absolute Gasteiger partial charge is 0.303 e. The van der Waals surface area contributed by atoms with Crippen LogP contribution in [0.25, 0.3) is 22.3 Å². The van der Waals surface area contributed by atoms with Gasteiger partial charge in [0.15, 0.2) is 0 Å². The van der Waals surface area contributed by atoms with Gasteiger partial charge in [-0.15, -0.1) is 0 Å². The first kappa shape index (κ1) is 21.6. The Morgan fingerprint density at radius 2 is 1.75 bits per heavy atom. The molecule has 3 aromatic rings. The number of benzene rings is 2. The lowest BCUT2D eigenvalue weighted by molar-refractivity contribution is -0.139. The van der Waals surface area contributed by atoms with Gasteiger partial charge in [-0.1, -0.05) is 30.3 Å². The fourth-order valence-corrected chi connectivity index (χ4v) is 3.68. The monoisotopic (exact) mass is 436 g/mol. The predicted molar refractivity (Wildman–Crippen MR) is 117 cm³/mol. The number of carboxylic acid groups (broad SMARTS) is 1. The minimum absolute atomic E-state index is 0.0222. The summed E-state index contributed by atoms with van der Waals surface area (Å²) in [6.07, 6.45) is -0.194. The molecule has 0 spiro atoms. The van der Waals surface area contributed by atoms with Crippen molar-refractivity contribution in [3.05, 3.63) is 60.2 Å². The Balaban J connectivity index is 1.47. The number of aliphatic carboxylic acids is 1. The van der Waals surface area contributed by atoms with Gasteiger partial charge in [0.25, 0.3) is 5.91 Å². The summed E-state index contributed by atoms with van der Waals surface area (Å²) in [5.74, 6) is -1.05. The molecule has 8 nitrogen and oxygen atoms in total. The molecule has 0 bridgehead atoms. The van der Waals surface area contributed by atoms with E-state index in [1.807, 2.05) is 30.3 Å². The third-order valence-electron chi connectivity index (χ3n) is 5.43. The van der Waals surface area contributed by atoms with Crippen LogP contribution in [-0.4, -0.2) is 60.1 Å². The van der Waals surface area contributed by atoms with Crippen LogP contribution in [0.3, 0.4) is 0 Å². The molecule has 8 heteroatoms. The third-order valence-corrected chi connectivity index (χ3v) is 5.43. The maximum Gasteiger partial charge on any atom is 0.303 e. The first-order valence-electron chi connectivity index (χ1n) is 10.5. The van der Waals surface area contributed by atoms with Gasteiger partial charge in [-0.25, -0.2) is 0 Å². The summed E-state index contributed by atoms with van der Waals surface area (Å²) in [5.41, 5.74) is 1.98. The largest absolute Gasteiger partial charge is 0.481 e. The zero-order valence-electron chi connectivity index (χ0n) is 17.5. The maximum absolute atomic E-state index is 12.9. The Hall–Kier alpha value is -3.65. The van der Waals surface area contributed by atoms with E-state index in [0.29, 0.717) is 37.6 Å². The standard InChI is InChI=1S/C24H24N2O6/c27-22(28)10-9-19(24(30)26-11-13-31-14-12-26)25-23(29)17-7-5-16(6-8-17)21-15-18-3-1-2-4-20(18)32-21/h1-8,15,19H,9-14H2,(H,25,29)(H,27,28)/t19-/m0/s1. The Morgan fingerprint density at radius 1 is 1.03 bits per heavy atom. The summed E-state index contributed by atoms with van der Waals surface area (Å²) in [5, 5.41) is 12.7. The number of carboxylic acids is 1. The number of furan rings is 1. The highest BCUT2D eigenvalue weighted by Gasteiger charge is 2.28. The van der Waals surface area contributed by atoms with Crippen molar-refractivity contribution in [2.24, 2.45) is 0 Å². The van der Waals surface area contributed by atoms with Gasteiger partial charge >= 0.3 is 5.97 Å². The summed E-state index contributed by atoms with van der Waals surface area (Å²) in [6, 6.07) is 15.6. The van der Waals surface area contributed by atoms with E-state index in [1.54, 1.807) is 29.2 Å². The Labute approximate surface area is 184 Å². The van der Waals surface area contributed by atoms with Crippen molar-refractivity contribution < 1.29 is 28.6 Å². The van der Waals surface area contributed by atoms with Gasteiger partial charge in [-0.2, -0.15) is 0 Å². The molecule has 2 aromatic carbocycles. The van der Waals surface area contributed by atoms with Gasteiger partial charge in [-0.3, -0.25) is 14.4 Å². The Kier molecular flexibility index (Phi) is 6.51. The molecule has 2 N–H and O–H groups in total. The molecule has 4 rings (SSSR count). The molecule has 1 fully saturated rings. The van der Waals surface area contributed by atoms with Gasteiger partial charge < -0.3 is 24.5 Å². The normalized spacial score (nSPS) is 14.8. The van der Waals surface area contributed by atoms with Crippen molar-refractivity contribution in [3.63, 3.8) is 0 Å². The number of nitrogens with zero attached hydrogens (tertiary/aromatic N) is 1. The first-order valence-corrected chi connectivity index (χ1v) is 10.5. The lowest BCUT2D eigenvalue weighted by Gasteiger charge is -2.30. The number of carbonyl (C=O) groups is 3. The van der Waals surface area contributed by atoms with Crippen molar-refractivity contribution in [1.29, 1.82) is 0 Å². The summed E-state index contributed by atoms with van der Waals surface area (Å²) < 4.78 is 11.1. The fraction of sp³-hybridized carbons (Fsp3) is 0.292. The van der Waals surface area contributed by atoms with E-state index in [-0.39, 0.29) is 18.7 Å². The number of hydrogen-bond donors (Lipinski definition) is 2. The topological polar surface area (TPSA) is 109 Å². The lowest BCUT2D eigenvalue weighted by atomic mass is 10.1. The van der Waals surface area contributed by atoms with Crippen LogP contribution >= 0.6 is 0 Å². The first-order chi connectivity index (χ1) is 15.5. The molecule has 1 aliphatic heterocycles. The highest BCUT2D eigenvalue weighted by Crippen LogP contribution is 2.27. The molecular formula is C24H24N2O6. The van der Waals surface area contributed by atoms with E-state index in [0.717, 1.165) is 16.5 Å². The number of ether oxygens (including phenoxy) is 1. The minimum atomic E-state index is -1.02. The van der Waals surface area contributed by atoms with Crippen molar-refractivity contribution in [2.75, 3.05) is 26.3 Å². The molecule has 0 radical (unpaired) electrons. The minimum Gasteiger partial charge on any atom is -0.481 e. The molecule has 0 aliphatic carbocycles. The van der Waals surface area contributed by atoms with Crippen molar-refractivity contribution in [2.45, 2.75) is 18.9 Å². The number of morpholine rings is 1. The van der Waals surface area contributed by atoms with E-state index in [1.165, 1.54) is 0 Å².